The number of ether oxygens (including phenoxy) is 2. The molecule has 2 aliphatic carbocycles. The summed E-state index contributed by atoms with van der Waals surface area (Å²) in [6.07, 6.45) is -3.19. The minimum absolute atomic E-state index is 0.0319. The van der Waals surface area contributed by atoms with Gasteiger partial charge in [-0.1, -0.05) is 60.7 Å². The molecule has 0 unspecified atom stereocenters. The van der Waals surface area contributed by atoms with Crippen LogP contribution in [0, 0.1) is 0 Å². The number of nitrogen functional groups attached to an aromatic ring is 1. The van der Waals surface area contributed by atoms with Crippen LogP contribution >= 0.6 is 61.3 Å². The number of pyridine rings is 2. The van der Waals surface area contributed by atoms with Crippen molar-refractivity contribution in [3.63, 3.8) is 0 Å². The third kappa shape index (κ3) is 12.1. The highest BCUT2D eigenvalue weighted by molar-refractivity contribution is 9.11. The zero-order valence-electron chi connectivity index (χ0n) is 36.2. The Balaban J connectivity index is 0.000000155. The Morgan fingerprint density at radius 1 is 0.652 bits per heavy atom. The first-order valence-corrected chi connectivity index (χ1v) is 25.0. The molecule has 2 fully saturated rings. The van der Waals surface area contributed by atoms with Gasteiger partial charge in [0.05, 0.1) is 36.7 Å². The summed E-state index contributed by atoms with van der Waals surface area (Å²) in [6, 6.07) is 26.6. The molecular formula is C48H37BrF6N6O4S4. The number of alkyl halides is 6. The number of halogens is 7. The molecule has 0 saturated heterocycles. The standard InChI is InChI=1S/C24H18F3N3O2S2.C16H12BrNS2.C8H7F3N2O2/c1-32-22(31)17-11-16(24(25,26)27)12-28-21(17)30-23-29-19(20(34-23)15-8-9-15)14-6-4-13(5-7-14)18-3-2-10-33-18;17-16-18-14(15(20-16)12-7-8-12)11-5-3-10(4-6-11)13-2-1-9-19-13;1-15-7(14)5-2-4(8(9,10)11)3-13-6(5)12/h2-7,10-12,15H,8-9H2,1H3,(H,28,29,30);1-6,9,12H,7-8H2;2-3H,1H3,(H2,12,13). The van der Waals surface area contributed by atoms with Crippen LogP contribution in [0.5, 0.6) is 0 Å². The molecule has 8 aromatic rings. The molecular weight excluding hydrogens is 1050 g/mol. The van der Waals surface area contributed by atoms with Gasteiger partial charge in [-0.2, -0.15) is 26.3 Å². The SMILES string of the molecule is Brc1nc(-c2ccc(-c3cccs3)cc2)c(C2CC2)s1.COC(=O)c1cc(C(F)(F)F)cnc1N.COC(=O)c1cc(C(F)(F)F)cnc1Nc1nc(-c2ccc(-c3cccs3)cc2)c(C2CC2)s1. The number of nitrogens with one attached hydrogen (secondary N) is 1. The predicted molar refractivity (Wildman–Crippen MR) is 262 cm³/mol. The van der Waals surface area contributed by atoms with Crippen LogP contribution in [0.4, 0.5) is 43.1 Å². The lowest BCUT2D eigenvalue weighted by Crippen LogP contribution is -2.12. The molecule has 2 saturated carbocycles. The van der Waals surface area contributed by atoms with E-state index in [1.165, 1.54) is 55.6 Å². The molecule has 0 spiro atoms. The van der Waals surface area contributed by atoms with Crippen LogP contribution in [0.25, 0.3) is 43.4 Å². The average Bonchev–Trinajstić information content (AvgIpc) is 4.09. The Hall–Kier alpha value is -6.00. The highest BCUT2D eigenvalue weighted by Gasteiger charge is 2.35. The summed E-state index contributed by atoms with van der Waals surface area (Å²) >= 11 is 10.2. The van der Waals surface area contributed by atoms with Crippen LogP contribution in [-0.2, 0) is 21.8 Å². The Labute approximate surface area is 415 Å². The van der Waals surface area contributed by atoms with Gasteiger partial charge in [0.25, 0.3) is 0 Å². The molecule has 21 heteroatoms. The zero-order valence-corrected chi connectivity index (χ0v) is 41.0. The van der Waals surface area contributed by atoms with Gasteiger partial charge in [0.1, 0.15) is 22.8 Å². The number of hydrogen-bond donors (Lipinski definition) is 2. The van der Waals surface area contributed by atoms with Gasteiger partial charge in [-0.05, 0) is 99.6 Å². The normalized spacial score (nSPS) is 13.4. The molecule has 10 nitrogen and oxygen atoms in total. The van der Waals surface area contributed by atoms with Gasteiger partial charge in [-0.25, -0.2) is 29.5 Å². The van der Waals surface area contributed by atoms with Crippen LogP contribution in [0.3, 0.4) is 0 Å². The highest BCUT2D eigenvalue weighted by atomic mass is 79.9. The second kappa shape index (κ2) is 20.9. The molecule has 0 amide bonds. The monoisotopic (exact) mass is 1080 g/mol. The molecule has 2 aromatic carbocycles. The number of nitrogens with zero attached hydrogens (tertiary/aromatic N) is 4. The topological polar surface area (TPSA) is 142 Å². The van der Waals surface area contributed by atoms with E-state index in [1.54, 1.807) is 34.0 Å². The molecule has 6 aromatic heterocycles. The Bertz CT molecular complexity index is 3060. The van der Waals surface area contributed by atoms with E-state index in [0.29, 0.717) is 29.5 Å². The van der Waals surface area contributed by atoms with Gasteiger partial charge in [0.15, 0.2) is 9.05 Å². The summed E-state index contributed by atoms with van der Waals surface area (Å²) in [6.45, 7) is 0. The van der Waals surface area contributed by atoms with E-state index in [4.69, 9.17) is 10.7 Å². The maximum Gasteiger partial charge on any atom is 0.417 e. The fourth-order valence-corrected chi connectivity index (χ4v) is 11.1. The van der Waals surface area contributed by atoms with Crippen molar-refractivity contribution in [2.45, 2.75) is 49.9 Å². The lowest BCUT2D eigenvalue weighted by molar-refractivity contribution is -0.138. The smallest absolute Gasteiger partial charge is 0.417 e. The van der Waals surface area contributed by atoms with E-state index in [1.807, 2.05) is 23.6 Å². The predicted octanol–water partition coefficient (Wildman–Crippen LogP) is 15.0. The van der Waals surface area contributed by atoms with Gasteiger partial charge < -0.3 is 20.5 Å². The number of aromatic nitrogens is 4. The molecule has 0 radical (unpaired) electrons. The Morgan fingerprint density at radius 2 is 1.10 bits per heavy atom. The largest absolute Gasteiger partial charge is 0.465 e. The van der Waals surface area contributed by atoms with E-state index in [0.717, 1.165) is 64.7 Å². The quantitative estimate of drug-likeness (QED) is 0.100. The fourth-order valence-electron chi connectivity index (χ4n) is 6.81. The molecule has 356 valence electrons. The second-order valence-electron chi connectivity index (χ2n) is 15.5. The summed E-state index contributed by atoms with van der Waals surface area (Å²) < 4.78 is 86.0. The number of esters is 2. The van der Waals surface area contributed by atoms with Crippen LogP contribution in [-0.4, -0.2) is 46.1 Å². The summed E-state index contributed by atoms with van der Waals surface area (Å²) in [7, 11) is 2.15. The van der Waals surface area contributed by atoms with Gasteiger partial charge in [-0.15, -0.1) is 45.3 Å². The summed E-state index contributed by atoms with van der Waals surface area (Å²) in [5.74, 6) is -1.05. The van der Waals surface area contributed by atoms with E-state index in [-0.39, 0.29) is 17.2 Å². The van der Waals surface area contributed by atoms with Gasteiger partial charge in [0.2, 0.25) is 0 Å². The fraction of sp³-hybridized carbons (Fsp3) is 0.208. The second-order valence-corrected chi connectivity index (χ2v) is 20.7. The van der Waals surface area contributed by atoms with Crippen molar-refractivity contribution in [3.8, 4) is 43.4 Å². The van der Waals surface area contributed by atoms with Crippen molar-refractivity contribution in [2.24, 2.45) is 0 Å². The van der Waals surface area contributed by atoms with Crippen LogP contribution in [0.15, 0.2) is 112 Å². The average molecular weight is 1080 g/mol. The van der Waals surface area contributed by atoms with Gasteiger partial charge in [0, 0.05) is 43.0 Å². The number of thiophene rings is 2. The number of methoxy groups -OCH3 is 2. The molecule has 2 aliphatic rings. The van der Waals surface area contributed by atoms with E-state index in [2.05, 4.69) is 106 Å². The van der Waals surface area contributed by atoms with Crippen LogP contribution < -0.4 is 11.1 Å². The molecule has 6 heterocycles. The maximum absolute atomic E-state index is 13.1. The molecule has 10 rings (SSSR count). The lowest BCUT2D eigenvalue weighted by atomic mass is 10.1. The summed E-state index contributed by atoms with van der Waals surface area (Å²) in [5.41, 5.74) is 9.06. The number of thiazole rings is 2. The van der Waals surface area contributed by atoms with Crippen molar-refractivity contribution in [3.05, 3.63) is 144 Å². The van der Waals surface area contributed by atoms with Crippen molar-refractivity contribution in [1.29, 1.82) is 0 Å². The number of rotatable bonds is 10. The number of hydrogen-bond acceptors (Lipinski definition) is 14. The number of benzene rings is 2. The van der Waals surface area contributed by atoms with Crippen molar-refractivity contribution in [1.82, 2.24) is 19.9 Å². The Morgan fingerprint density at radius 3 is 1.57 bits per heavy atom. The minimum atomic E-state index is -4.63. The molecule has 69 heavy (non-hydrogen) atoms. The van der Waals surface area contributed by atoms with Crippen molar-refractivity contribution < 1.29 is 45.4 Å². The lowest BCUT2D eigenvalue weighted by Gasteiger charge is -2.11. The number of anilines is 3. The van der Waals surface area contributed by atoms with Crippen molar-refractivity contribution >= 4 is 90.0 Å². The number of carbonyl (C=O) groups is 2. The first kappa shape index (κ1) is 49.4. The van der Waals surface area contributed by atoms with Gasteiger partial charge in [-0.3, -0.25) is 0 Å². The first-order chi connectivity index (χ1) is 33.0. The number of carbonyl (C=O) groups excluding carboxylic acids is 2. The molecule has 0 atom stereocenters. The molecule has 0 bridgehead atoms. The third-order valence-corrected chi connectivity index (χ3v) is 15.2. The molecule has 3 N–H and O–H groups in total. The maximum atomic E-state index is 13.1. The zero-order chi connectivity index (χ0) is 49.0. The van der Waals surface area contributed by atoms with Crippen LogP contribution in [0.1, 0.15) is 79.1 Å². The van der Waals surface area contributed by atoms with Crippen molar-refractivity contribution in [2.75, 3.05) is 25.3 Å². The van der Waals surface area contributed by atoms with E-state index < -0.39 is 41.0 Å². The Kier molecular flexibility index (Phi) is 15.0. The van der Waals surface area contributed by atoms with E-state index in [9.17, 15) is 35.9 Å². The summed E-state index contributed by atoms with van der Waals surface area (Å²) in [5, 5.41) is 7.55. The van der Waals surface area contributed by atoms with Crippen LogP contribution in [0.2, 0.25) is 0 Å². The first-order valence-electron chi connectivity index (χ1n) is 20.8. The minimum Gasteiger partial charge on any atom is -0.465 e. The summed E-state index contributed by atoms with van der Waals surface area (Å²) in [4.78, 5) is 44.7. The van der Waals surface area contributed by atoms with Gasteiger partial charge >= 0.3 is 24.3 Å². The number of nitrogens with two attached hydrogens (primary N) is 1. The van der Waals surface area contributed by atoms with E-state index >= 15 is 0 Å². The highest BCUT2D eigenvalue weighted by Crippen LogP contribution is 2.50. The molecule has 0 aliphatic heterocycles. The third-order valence-electron chi connectivity index (χ3n) is 10.6.